The number of nitrogens with one attached hydrogen (secondary N) is 2. The second kappa shape index (κ2) is 14.7. The van der Waals surface area contributed by atoms with Crippen LogP contribution in [0, 0.1) is 0 Å². The van der Waals surface area contributed by atoms with E-state index in [4.69, 9.17) is 30.5 Å². The molecule has 9 heteroatoms. The normalized spacial score (nSPS) is 19.0. The fourth-order valence-corrected chi connectivity index (χ4v) is 5.27. The van der Waals surface area contributed by atoms with Gasteiger partial charge in [0, 0.05) is 55.6 Å². The standard InChI is InChI=1S/C29H40ClN3O5/c1-35-16-5-14-31-13-3-4-17-37-23-9-6-21(7-10-23)28-27-24(25-20-22(30)8-11-26(25)32-27)12-15-33(28)29(34)38-19-18-36-2/h6-9,11,20,23,28,31-32H,3-5,10,12-19H2,1-2H3. The number of benzene rings is 1. The lowest BCUT2D eigenvalue weighted by Crippen LogP contribution is -2.41. The summed E-state index contributed by atoms with van der Waals surface area (Å²) in [7, 11) is 3.32. The maximum Gasteiger partial charge on any atom is 0.410 e. The van der Waals surface area contributed by atoms with Crippen molar-refractivity contribution in [1.82, 2.24) is 15.2 Å². The summed E-state index contributed by atoms with van der Waals surface area (Å²) in [6.07, 6.45) is 10.7. The molecule has 1 aliphatic carbocycles. The van der Waals surface area contributed by atoms with E-state index >= 15 is 0 Å². The summed E-state index contributed by atoms with van der Waals surface area (Å²) in [5, 5.41) is 5.25. The molecule has 8 nitrogen and oxygen atoms in total. The number of carbonyl (C=O) groups is 1. The third-order valence-electron chi connectivity index (χ3n) is 7.02. The SMILES string of the molecule is COCCCNCCCCOC1C=CC(C2c3[nH]c4ccc(Cl)cc4c3CCN2C(=O)OCCOC)=CC1. The van der Waals surface area contributed by atoms with Gasteiger partial charge in [-0.25, -0.2) is 4.79 Å². The minimum atomic E-state index is -0.335. The Morgan fingerprint density at radius 2 is 1.95 bits per heavy atom. The minimum absolute atomic E-state index is 0.0418. The molecule has 1 aliphatic heterocycles. The number of H-pyrrole nitrogens is 1. The number of aromatic nitrogens is 1. The lowest BCUT2D eigenvalue weighted by atomic mass is 9.89. The van der Waals surface area contributed by atoms with Crippen LogP contribution in [0.25, 0.3) is 10.9 Å². The molecular formula is C29H40ClN3O5. The topological polar surface area (TPSA) is 85.1 Å². The number of carbonyl (C=O) groups excluding carboxylic acids is 1. The summed E-state index contributed by atoms with van der Waals surface area (Å²) in [6.45, 7) is 4.65. The van der Waals surface area contributed by atoms with Gasteiger partial charge < -0.3 is 29.2 Å². The van der Waals surface area contributed by atoms with Crippen LogP contribution in [-0.4, -0.2) is 82.4 Å². The first kappa shape index (κ1) is 28.6. The highest BCUT2D eigenvalue weighted by Gasteiger charge is 2.36. The van der Waals surface area contributed by atoms with Gasteiger partial charge in [-0.15, -0.1) is 0 Å². The quantitative estimate of drug-likeness (QED) is 0.318. The highest BCUT2D eigenvalue weighted by Crippen LogP contribution is 2.41. The molecule has 0 radical (unpaired) electrons. The average molecular weight is 546 g/mol. The molecule has 1 aromatic carbocycles. The molecule has 0 saturated heterocycles. The van der Waals surface area contributed by atoms with Crippen LogP contribution in [0.4, 0.5) is 4.79 Å². The van der Waals surface area contributed by atoms with E-state index in [1.807, 2.05) is 23.1 Å². The number of fused-ring (bicyclic) bond motifs is 3. The summed E-state index contributed by atoms with van der Waals surface area (Å²) < 4.78 is 21.8. The molecule has 2 aromatic rings. The molecule has 0 saturated carbocycles. The van der Waals surface area contributed by atoms with Gasteiger partial charge in [0.25, 0.3) is 0 Å². The Kier molecular flexibility index (Phi) is 11.1. The predicted molar refractivity (Wildman–Crippen MR) is 150 cm³/mol. The molecule has 38 heavy (non-hydrogen) atoms. The maximum atomic E-state index is 13.1. The lowest BCUT2D eigenvalue weighted by Gasteiger charge is -2.36. The van der Waals surface area contributed by atoms with Crippen LogP contribution in [-0.2, 0) is 25.4 Å². The Bertz CT molecular complexity index is 1120. The van der Waals surface area contributed by atoms with Gasteiger partial charge in [0.05, 0.1) is 12.7 Å². The number of hydrogen-bond acceptors (Lipinski definition) is 6. The molecule has 0 fully saturated rings. The first-order valence-corrected chi connectivity index (χ1v) is 13.9. The van der Waals surface area contributed by atoms with Crippen LogP contribution >= 0.6 is 11.6 Å². The van der Waals surface area contributed by atoms with Crippen molar-refractivity contribution < 1.29 is 23.7 Å². The number of hydrogen-bond donors (Lipinski definition) is 2. The lowest BCUT2D eigenvalue weighted by molar-refractivity contribution is 0.0623. The van der Waals surface area contributed by atoms with Gasteiger partial charge in [0.1, 0.15) is 12.6 Å². The number of amides is 1. The van der Waals surface area contributed by atoms with Gasteiger partial charge in [-0.2, -0.15) is 0 Å². The van der Waals surface area contributed by atoms with Gasteiger partial charge in [0.2, 0.25) is 0 Å². The van der Waals surface area contributed by atoms with Crippen molar-refractivity contribution in [2.75, 3.05) is 60.3 Å². The second-order valence-corrected chi connectivity index (χ2v) is 10.1. The predicted octanol–water partition coefficient (Wildman–Crippen LogP) is 5.18. The zero-order valence-electron chi connectivity index (χ0n) is 22.5. The Balaban J connectivity index is 1.39. The van der Waals surface area contributed by atoms with Gasteiger partial charge in [-0.3, -0.25) is 4.90 Å². The number of aromatic amines is 1. The molecule has 0 spiro atoms. The van der Waals surface area contributed by atoms with Crippen molar-refractivity contribution in [3.05, 3.63) is 58.3 Å². The summed E-state index contributed by atoms with van der Waals surface area (Å²) in [5.74, 6) is 0. The summed E-state index contributed by atoms with van der Waals surface area (Å²) >= 11 is 6.31. The monoisotopic (exact) mass is 545 g/mol. The smallest absolute Gasteiger partial charge is 0.410 e. The highest BCUT2D eigenvalue weighted by molar-refractivity contribution is 6.31. The number of ether oxygens (including phenoxy) is 4. The average Bonchev–Trinajstić information content (AvgIpc) is 3.30. The van der Waals surface area contributed by atoms with Crippen molar-refractivity contribution in [3.8, 4) is 0 Å². The zero-order chi connectivity index (χ0) is 26.7. The molecule has 2 unspecified atom stereocenters. The zero-order valence-corrected chi connectivity index (χ0v) is 23.2. The largest absolute Gasteiger partial charge is 0.447 e. The van der Waals surface area contributed by atoms with Gasteiger partial charge >= 0.3 is 6.09 Å². The van der Waals surface area contributed by atoms with Crippen molar-refractivity contribution in [2.24, 2.45) is 0 Å². The fourth-order valence-electron chi connectivity index (χ4n) is 5.10. The van der Waals surface area contributed by atoms with Crippen LogP contribution in [0.15, 0.2) is 42.0 Å². The van der Waals surface area contributed by atoms with Crippen LogP contribution in [0.1, 0.15) is 43.0 Å². The van der Waals surface area contributed by atoms with Crippen molar-refractivity contribution >= 4 is 28.6 Å². The number of rotatable bonds is 14. The molecule has 1 aromatic heterocycles. The van der Waals surface area contributed by atoms with E-state index in [1.54, 1.807) is 14.2 Å². The molecule has 0 bridgehead atoms. The fraction of sp³-hybridized carbons (Fsp3) is 0.552. The second-order valence-electron chi connectivity index (χ2n) is 9.67. The van der Waals surface area contributed by atoms with Gasteiger partial charge in [-0.05, 0) is 74.5 Å². The minimum Gasteiger partial charge on any atom is -0.447 e. The van der Waals surface area contributed by atoms with Crippen molar-refractivity contribution in [1.29, 1.82) is 0 Å². The van der Waals surface area contributed by atoms with Crippen molar-refractivity contribution in [2.45, 2.75) is 44.2 Å². The number of halogens is 1. The van der Waals surface area contributed by atoms with E-state index in [9.17, 15) is 4.79 Å². The van der Waals surface area contributed by atoms with Gasteiger partial charge in [0.15, 0.2) is 0 Å². The molecule has 2 atom stereocenters. The number of unbranched alkanes of at least 4 members (excludes halogenated alkanes) is 1. The first-order valence-electron chi connectivity index (χ1n) is 13.5. The Morgan fingerprint density at radius 1 is 1.11 bits per heavy atom. The molecule has 2 N–H and O–H groups in total. The Morgan fingerprint density at radius 3 is 2.74 bits per heavy atom. The van der Waals surface area contributed by atoms with Crippen molar-refractivity contribution in [3.63, 3.8) is 0 Å². The van der Waals surface area contributed by atoms with Crippen LogP contribution in [0.3, 0.4) is 0 Å². The van der Waals surface area contributed by atoms with E-state index in [1.165, 1.54) is 5.56 Å². The van der Waals surface area contributed by atoms with E-state index in [0.29, 0.717) is 18.2 Å². The Labute approximate surface area is 230 Å². The summed E-state index contributed by atoms with van der Waals surface area (Å²) in [5.41, 5.74) is 4.31. The third kappa shape index (κ3) is 7.39. The van der Waals surface area contributed by atoms with Crippen LogP contribution in [0.5, 0.6) is 0 Å². The number of nitrogens with zero attached hydrogens (tertiary/aromatic N) is 1. The van der Waals surface area contributed by atoms with Crippen LogP contribution in [0.2, 0.25) is 5.02 Å². The van der Waals surface area contributed by atoms with E-state index in [0.717, 1.165) is 80.6 Å². The van der Waals surface area contributed by atoms with E-state index < -0.39 is 0 Å². The van der Waals surface area contributed by atoms with E-state index in [-0.39, 0.29) is 24.8 Å². The Hall–Kier alpha value is -2.36. The third-order valence-corrected chi connectivity index (χ3v) is 7.26. The molecule has 2 heterocycles. The number of methoxy groups -OCH3 is 2. The maximum absolute atomic E-state index is 13.1. The van der Waals surface area contributed by atoms with E-state index in [2.05, 4.69) is 28.5 Å². The highest BCUT2D eigenvalue weighted by atomic mass is 35.5. The molecule has 1 amide bonds. The van der Waals surface area contributed by atoms with Gasteiger partial charge in [-0.1, -0.05) is 29.8 Å². The van der Waals surface area contributed by atoms with Crippen LogP contribution < -0.4 is 5.32 Å². The molecule has 4 rings (SSSR count). The first-order chi connectivity index (χ1) is 18.6. The molecule has 208 valence electrons. The molecule has 2 aliphatic rings. The summed E-state index contributed by atoms with van der Waals surface area (Å²) in [4.78, 5) is 18.5. The molecular weight excluding hydrogens is 506 g/mol. The summed E-state index contributed by atoms with van der Waals surface area (Å²) in [6, 6.07) is 5.62.